The lowest BCUT2D eigenvalue weighted by atomic mass is 10.0. The zero-order valence-electron chi connectivity index (χ0n) is 23.1. The van der Waals surface area contributed by atoms with Crippen LogP contribution in [-0.2, 0) is 4.74 Å². The molecular weight excluding hydrogens is 538 g/mol. The van der Waals surface area contributed by atoms with Crippen molar-refractivity contribution in [2.45, 2.75) is 45.3 Å². The van der Waals surface area contributed by atoms with Gasteiger partial charge < -0.3 is 20.3 Å². The van der Waals surface area contributed by atoms with Crippen LogP contribution >= 0.6 is 11.3 Å². The summed E-state index contributed by atoms with van der Waals surface area (Å²) in [5.41, 5.74) is 3.40. The second-order valence-electron chi connectivity index (χ2n) is 11.2. The number of anilines is 3. The minimum absolute atomic E-state index is 0.229. The second-order valence-corrected chi connectivity index (χ2v) is 12.2. The van der Waals surface area contributed by atoms with Crippen LogP contribution in [0.4, 0.5) is 26.7 Å². The molecule has 210 valence electrons. The van der Waals surface area contributed by atoms with Gasteiger partial charge in [0.05, 0.1) is 22.4 Å². The molecule has 4 heterocycles. The van der Waals surface area contributed by atoms with Crippen molar-refractivity contribution >= 4 is 56.6 Å². The van der Waals surface area contributed by atoms with E-state index in [9.17, 15) is 14.4 Å². The Bertz CT molecular complexity index is 1630. The van der Waals surface area contributed by atoms with Gasteiger partial charge in [-0.05, 0) is 62.9 Å². The molecule has 4 aromatic rings. The summed E-state index contributed by atoms with van der Waals surface area (Å²) in [5.74, 6) is -0.300. The van der Waals surface area contributed by atoms with Crippen LogP contribution in [0.15, 0.2) is 66.9 Å². The van der Waals surface area contributed by atoms with Crippen molar-refractivity contribution in [3.05, 3.63) is 71.7 Å². The first-order valence-electron chi connectivity index (χ1n) is 13.6. The van der Waals surface area contributed by atoms with Gasteiger partial charge in [0.25, 0.3) is 5.91 Å². The standard InChI is InChI=1S/C31H31N5O4S/c1-31(2,3)40-30(39)35-17-7-10-21(18-35)33-27(37)26-25-24-23(15-16-32-28(24)41-26)36(29(38)34-25)22-13-11-20(12-14-22)19-8-5-4-6-9-19/h4-6,8-9,11-16,21H,7,10,17-18H2,1-3H3,(H,33,37)(H,34,38)/t21-/m1/s1. The number of likely N-dealkylation sites (tertiary alicyclic amines) is 1. The van der Waals surface area contributed by atoms with Crippen LogP contribution in [0, 0.1) is 0 Å². The summed E-state index contributed by atoms with van der Waals surface area (Å²) in [4.78, 5) is 48.3. The Hall–Kier alpha value is -4.44. The van der Waals surface area contributed by atoms with E-state index in [0.717, 1.165) is 29.4 Å². The quantitative estimate of drug-likeness (QED) is 0.282. The van der Waals surface area contributed by atoms with E-state index in [0.29, 0.717) is 39.9 Å². The van der Waals surface area contributed by atoms with E-state index in [1.54, 1.807) is 22.1 Å². The minimum Gasteiger partial charge on any atom is -0.444 e. The monoisotopic (exact) mass is 569 g/mol. The number of nitrogens with zero attached hydrogens (tertiary/aromatic N) is 3. The number of urea groups is 1. The minimum atomic E-state index is -0.590. The van der Waals surface area contributed by atoms with Crippen molar-refractivity contribution in [2.75, 3.05) is 23.3 Å². The topological polar surface area (TPSA) is 104 Å². The van der Waals surface area contributed by atoms with Gasteiger partial charge in [0.15, 0.2) is 0 Å². The molecule has 0 unspecified atom stereocenters. The van der Waals surface area contributed by atoms with Gasteiger partial charge >= 0.3 is 12.1 Å². The molecule has 2 aliphatic rings. The SMILES string of the molecule is CC(C)(C)OC(=O)N1CCC[C@@H](NC(=O)c2sc3nccc4c3c2NC(=O)N4c2ccc(-c3ccccc3)cc2)C1. The highest BCUT2D eigenvalue weighted by molar-refractivity contribution is 7.21. The van der Waals surface area contributed by atoms with E-state index in [1.165, 1.54) is 11.3 Å². The molecule has 0 bridgehead atoms. The molecule has 2 aliphatic heterocycles. The molecule has 9 nitrogen and oxygen atoms in total. The van der Waals surface area contributed by atoms with Gasteiger partial charge in [-0.3, -0.25) is 9.69 Å². The number of hydrogen-bond donors (Lipinski definition) is 2. The molecule has 1 fully saturated rings. The summed E-state index contributed by atoms with van der Waals surface area (Å²) in [7, 11) is 0. The third kappa shape index (κ3) is 5.35. The van der Waals surface area contributed by atoms with Crippen LogP contribution in [0.5, 0.6) is 0 Å². The smallest absolute Gasteiger partial charge is 0.410 e. The zero-order chi connectivity index (χ0) is 28.7. The van der Waals surface area contributed by atoms with Crippen LogP contribution in [0.25, 0.3) is 21.3 Å². The predicted octanol–water partition coefficient (Wildman–Crippen LogP) is 6.78. The Morgan fingerprint density at radius 3 is 2.51 bits per heavy atom. The highest BCUT2D eigenvalue weighted by Gasteiger charge is 2.34. The van der Waals surface area contributed by atoms with E-state index in [1.807, 2.05) is 75.4 Å². The largest absolute Gasteiger partial charge is 0.444 e. The number of thiophene rings is 1. The molecule has 4 amide bonds. The van der Waals surface area contributed by atoms with Crippen molar-refractivity contribution in [1.82, 2.24) is 15.2 Å². The van der Waals surface area contributed by atoms with Gasteiger partial charge in [0, 0.05) is 25.3 Å². The van der Waals surface area contributed by atoms with Gasteiger partial charge in [-0.1, -0.05) is 42.5 Å². The zero-order valence-corrected chi connectivity index (χ0v) is 24.0. The second kappa shape index (κ2) is 10.5. The summed E-state index contributed by atoms with van der Waals surface area (Å²) in [6.45, 7) is 6.44. The number of aromatic nitrogens is 1. The molecule has 0 spiro atoms. The van der Waals surface area contributed by atoms with Crippen LogP contribution in [0.1, 0.15) is 43.3 Å². The lowest BCUT2D eigenvalue weighted by molar-refractivity contribution is 0.0185. The average Bonchev–Trinajstić information content (AvgIpc) is 3.32. The van der Waals surface area contributed by atoms with Gasteiger partial charge in [-0.2, -0.15) is 0 Å². The third-order valence-electron chi connectivity index (χ3n) is 7.09. The van der Waals surface area contributed by atoms with Crippen LogP contribution in [-0.4, -0.2) is 52.6 Å². The first-order chi connectivity index (χ1) is 19.7. The Morgan fingerprint density at radius 2 is 1.78 bits per heavy atom. The van der Waals surface area contributed by atoms with Crippen molar-refractivity contribution in [2.24, 2.45) is 0 Å². The van der Waals surface area contributed by atoms with Gasteiger partial charge in [-0.15, -0.1) is 11.3 Å². The number of benzene rings is 2. The van der Waals surface area contributed by atoms with E-state index in [4.69, 9.17) is 4.74 Å². The number of piperidine rings is 1. The fourth-order valence-electron chi connectivity index (χ4n) is 5.27. The van der Waals surface area contributed by atoms with Crippen LogP contribution in [0.3, 0.4) is 0 Å². The van der Waals surface area contributed by atoms with Gasteiger partial charge in [0.2, 0.25) is 0 Å². The number of amides is 4. The van der Waals surface area contributed by atoms with Gasteiger partial charge in [0.1, 0.15) is 15.3 Å². The first kappa shape index (κ1) is 26.8. The molecule has 2 aromatic carbocycles. The number of carbonyl (C=O) groups is 3. The molecule has 2 N–H and O–H groups in total. The van der Waals surface area contributed by atoms with Crippen LogP contribution in [0.2, 0.25) is 0 Å². The molecular formula is C31H31N5O4S. The summed E-state index contributed by atoms with van der Waals surface area (Å²) in [6, 6.07) is 19.1. The van der Waals surface area contributed by atoms with E-state index in [-0.39, 0.29) is 24.1 Å². The number of pyridine rings is 1. The van der Waals surface area contributed by atoms with Crippen molar-refractivity contribution in [3.8, 4) is 11.1 Å². The van der Waals surface area contributed by atoms with Crippen molar-refractivity contribution in [1.29, 1.82) is 0 Å². The van der Waals surface area contributed by atoms with Crippen LogP contribution < -0.4 is 15.5 Å². The summed E-state index contributed by atoms with van der Waals surface area (Å²) in [5, 5.41) is 6.75. The average molecular weight is 570 g/mol. The number of rotatable bonds is 4. The molecule has 41 heavy (non-hydrogen) atoms. The molecule has 1 saturated heterocycles. The molecule has 1 atom stereocenters. The summed E-state index contributed by atoms with van der Waals surface area (Å²) in [6.07, 6.45) is 2.77. The predicted molar refractivity (Wildman–Crippen MR) is 161 cm³/mol. The molecule has 10 heteroatoms. The van der Waals surface area contributed by atoms with Crippen molar-refractivity contribution in [3.63, 3.8) is 0 Å². The maximum atomic E-state index is 13.5. The van der Waals surface area contributed by atoms with Gasteiger partial charge in [-0.25, -0.2) is 14.6 Å². The Balaban J connectivity index is 1.25. The first-order valence-corrected chi connectivity index (χ1v) is 14.5. The summed E-state index contributed by atoms with van der Waals surface area (Å²) >= 11 is 1.24. The molecule has 2 aromatic heterocycles. The van der Waals surface area contributed by atoms with E-state index in [2.05, 4.69) is 15.6 Å². The molecule has 0 saturated carbocycles. The van der Waals surface area contributed by atoms with Crippen molar-refractivity contribution < 1.29 is 19.1 Å². The fourth-order valence-corrected chi connectivity index (χ4v) is 6.29. The number of carbonyl (C=O) groups excluding carboxylic acids is 3. The van der Waals surface area contributed by atoms with E-state index >= 15 is 0 Å². The fraction of sp³-hybridized carbons (Fsp3) is 0.290. The normalized spacial score (nSPS) is 16.9. The number of hydrogen-bond acceptors (Lipinski definition) is 6. The Kier molecular flexibility index (Phi) is 6.86. The lowest BCUT2D eigenvalue weighted by Gasteiger charge is -2.34. The molecule has 6 rings (SSSR count). The number of ether oxygens (including phenoxy) is 1. The highest BCUT2D eigenvalue weighted by atomic mass is 32.1. The molecule has 0 radical (unpaired) electrons. The summed E-state index contributed by atoms with van der Waals surface area (Å²) < 4.78 is 5.52. The number of nitrogens with one attached hydrogen (secondary N) is 2. The Morgan fingerprint density at radius 1 is 1.05 bits per heavy atom. The Labute approximate surface area is 242 Å². The highest BCUT2D eigenvalue weighted by Crippen LogP contribution is 2.45. The lowest BCUT2D eigenvalue weighted by Crippen LogP contribution is -2.50. The third-order valence-corrected chi connectivity index (χ3v) is 8.19. The maximum absolute atomic E-state index is 13.5. The van der Waals surface area contributed by atoms with E-state index < -0.39 is 5.60 Å². The molecule has 0 aliphatic carbocycles. The maximum Gasteiger partial charge on any atom is 0.410 e.